The standard InChI is InChI=1S/C16H15N3/c1-11-7-13(9-19-8-11)16(17)14-4-2-3-12-5-6-18-10-15(12)14/h2-10,16H,17H2,1H3. The summed E-state index contributed by atoms with van der Waals surface area (Å²) in [5, 5.41) is 2.25. The molecule has 0 amide bonds. The van der Waals surface area contributed by atoms with Gasteiger partial charge in [0.25, 0.3) is 0 Å². The first-order chi connectivity index (χ1) is 9.25. The molecule has 0 fully saturated rings. The van der Waals surface area contributed by atoms with Gasteiger partial charge in [-0.15, -0.1) is 0 Å². The maximum Gasteiger partial charge on any atom is 0.0573 e. The molecule has 0 saturated carbocycles. The van der Waals surface area contributed by atoms with Crippen LogP contribution < -0.4 is 5.73 Å². The van der Waals surface area contributed by atoms with Crippen molar-refractivity contribution >= 4 is 10.8 Å². The lowest BCUT2D eigenvalue weighted by molar-refractivity contribution is 0.868. The Hall–Kier alpha value is -2.26. The predicted octanol–water partition coefficient (Wildman–Crippen LogP) is 2.99. The van der Waals surface area contributed by atoms with E-state index < -0.39 is 0 Å². The van der Waals surface area contributed by atoms with Crippen molar-refractivity contribution < 1.29 is 0 Å². The number of hydrogen-bond acceptors (Lipinski definition) is 3. The highest BCUT2D eigenvalue weighted by Gasteiger charge is 2.12. The van der Waals surface area contributed by atoms with Crippen LogP contribution in [0.4, 0.5) is 0 Å². The van der Waals surface area contributed by atoms with Crippen LogP contribution in [-0.4, -0.2) is 9.97 Å². The summed E-state index contributed by atoms with van der Waals surface area (Å²) < 4.78 is 0. The van der Waals surface area contributed by atoms with Gasteiger partial charge in [-0.25, -0.2) is 0 Å². The molecule has 3 heteroatoms. The van der Waals surface area contributed by atoms with Gasteiger partial charge in [-0.1, -0.05) is 24.3 Å². The maximum atomic E-state index is 6.38. The third-order valence-electron chi connectivity index (χ3n) is 3.31. The van der Waals surface area contributed by atoms with Crippen LogP contribution in [0.2, 0.25) is 0 Å². The Kier molecular flexibility index (Phi) is 2.97. The lowest BCUT2D eigenvalue weighted by Gasteiger charge is -2.15. The molecular formula is C16H15N3. The van der Waals surface area contributed by atoms with Crippen molar-refractivity contribution in [3.8, 4) is 0 Å². The van der Waals surface area contributed by atoms with Gasteiger partial charge in [0.2, 0.25) is 0 Å². The van der Waals surface area contributed by atoms with Crippen LogP contribution in [0.1, 0.15) is 22.7 Å². The molecule has 2 heterocycles. The molecular weight excluding hydrogens is 234 g/mol. The second-order valence-electron chi connectivity index (χ2n) is 4.72. The second-order valence-corrected chi connectivity index (χ2v) is 4.72. The van der Waals surface area contributed by atoms with Crippen molar-refractivity contribution in [1.29, 1.82) is 0 Å². The lowest BCUT2D eigenvalue weighted by Crippen LogP contribution is -2.12. The van der Waals surface area contributed by atoms with Crippen LogP contribution in [0.25, 0.3) is 10.8 Å². The van der Waals surface area contributed by atoms with Gasteiger partial charge in [0.15, 0.2) is 0 Å². The second kappa shape index (κ2) is 4.78. The fourth-order valence-corrected chi connectivity index (χ4v) is 2.34. The van der Waals surface area contributed by atoms with E-state index in [1.165, 1.54) is 0 Å². The zero-order valence-electron chi connectivity index (χ0n) is 10.7. The summed E-state index contributed by atoms with van der Waals surface area (Å²) in [6, 6.07) is 10.0. The third kappa shape index (κ3) is 2.20. The molecule has 94 valence electrons. The highest BCUT2D eigenvalue weighted by Crippen LogP contribution is 2.26. The average Bonchev–Trinajstić information content (AvgIpc) is 2.46. The number of fused-ring (bicyclic) bond motifs is 1. The summed E-state index contributed by atoms with van der Waals surface area (Å²) in [6.07, 6.45) is 7.33. The minimum Gasteiger partial charge on any atom is -0.320 e. The van der Waals surface area contributed by atoms with Crippen molar-refractivity contribution in [2.75, 3.05) is 0 Å². The largest absolute Gasteiger partial charge is 0.320 e. The number of benzene rings is 1. The van der Waals surface area contributed by atoms with Gasteiger partial charge in [0.1, 0.15) is 0 Å². The maximum absolute atomic E-state index is 6.38. The van der Waals surface area contributed by atoms with E-state index >= 15 is 0 Å². The van der Waals surface area contributed by atoms with Crippen LogP contribution in [0, 0.1) is 6.92 Å². The van der Waals surface area contributed by atoms with Crippen molar-refractivity contribution in [3.63, 3.8) is 0 Å². The van der Waals surface area contributed by atoms with E-state index in [0.717, 1.165) is 27.5 Å². The topological polar surface area (TPSA) is 51.8 Å². The predicted molar refractivity (Wildman–Crippen MR) is 76.7 cm³/mol. The van der Waals surface area contributed by atoms with Gasteiger partial charge in [-0.05, 0) is 35.1 Å². The number of hydrogen-bond donors (Lipinski definition) is 1. The first kappa shape index (κ1) is 11.8. The van der Waals surface area contributed by atoms with E-state index in [1.54, 1.807) is 6.20 Å². The average molecular weight is 249 g/mol. The van der Waals surface area contributed by atoms with Crippen LogP contribution in [0.15, 0.2) is 55.1 Å². The monoisotopic (exact) mass is 249 g/mol. The highest BCUT2D eigenvalue weighted by molar-refractivity contribution is 5.85. The van der Waals surface area contributed by atoms with E-state index in [-0.39, 0.29) is 6.04 Å². The Morgan fingerprint density at radius 2 is 1.95 bits per heavy atom. The normalized spacial score (nSPS) is 12.5. The van der Waals surface area contributed by atoms with Crippen molar-refractivity contribution in [2.45, 2.75) is 13.0 Å². The van der Waals surface area contributed by atoms with Gasteiger partial charge in [-0.2, -0.15) is 0 Å². The Morgan fingerprint density at radius 3 is 2.79 bits per heavy atom. The summed E-state index contributed by atoms with van der Waals surface area (Å²) in [6.45, 7) is 2.02. The van der Waals surface area contributed by atoms with Crippen molar-refractivity contribution in [1.82, 2.24) is 9.97 Å². The Morgan fingerprint density at radius 1 is 1.05 bits per heavy atom. The molecule has 1 unspecified atom stereocenters. The Labute approximate surface area is 112 Å². The van der Waals surface area contributed by atoms with E-state index in [0.29, 0.717) is 0 Å². The minimum absolute atomic E-state index is 0.180. The molecule has 1 aromatic carbocycles. The van der Waals surface area contributed by atoms with Crippen LogP contribution in [0.3, 0.4) is 0 Å². The summed E-state index contributed by atoms with van der Waals surface area (Å²) in [4.78, 5) is 8.41. The molecule has 0 spiro atoms. The van der Waals surface area contributed by atoms with Gasteiger partial charge in [-0.3, -0.25) is 9.97 Å². The number of nitrogens with two attached hydrogens (primary N) is 1. The molecule has 0 radical (unpaired) electrons. The molecule has 0 aliphatic carbocycles. The van der Waals surface area contributed by atoms with Crippen LogP contribution >= 0.6 is 0 Å². The first-order valence-electron chi connectivity index (χ1n) is 6.25. The van der Waals surface area contributed by atoms with Crippen molar-refractivity contribution in [2.24, 2.45) is 5.73 Å². The fourth-order valence-electron chi connectivity index (χ4n) is 2.34. The van der Waals surface area contributed by atoms with E-state index in [4.69, 9.17) is 5.73 Å². The molecule has 3 aromatic rings. The van der Waals surface area contributed by atoms with Crippen LogP contribution in [-0.2, 0) is 0 Å². The SMILES string of the molecule is Cc1cncc(C(N)c2cccc3ccncc23)c1. The van der Waals surface area contributed by atoms with Gasteiger partial charge in [0.05, 0.1) is 6.04 Å². The van der Waals surface area contributed by atoms with E-state index in [2.05, 4.69) is 28.2 Å². The molecule has 19 heavy (non-hydrogen) atoms. The molecule has 2 aromatic heterocycles. The fraction of sp³-hybridized carbons (Fsp3) is 0.125. The van der Waals surface area contributed by atoms with Gasteiger partial charge < -0.3 is 5.73 Å². The van der Waals surface area contributed by atoms with Crippen LogP contribution in [0.5, 0.6) is 0 Å². The number of rotatable bonds is 2. The molecule has 0 aliphatic heterocycles. The van der Waals surface area contributed by atoms with E-state index in [9.17, 15) is 0 Å². The first-order valence-corrected chi connectivity index (χ1v) is 6.25. The van der Waals surface area contributed by atoms with Gasteiger partial charge in [0, 0.05) is 30.2 Å². The summed E-state index contributed by atoms with van der Waals surface area (Å²) in [7, 11) is 0. The van der Waals surface area contributed by atoms with E-state index in [1.807, 2.05) is 37.6 Å². The molecule has 1 atom stereocenters. The van der Waals surface area contributed by atoms with Crippen molar-refractivity contribution in [3.05, 3.63) is 71.8 Å². The number of aryl methyl sites for hydroxylation is 1. The smallest absolute Gasteiger partial charge is 0.0573 e. The molecule has 0 saturated heterocycles. The lowest BCUT2D eigenvalue weighted by atomic mass is 9.96. The molecule has 3 rings (SSSR count). The third-order valence-corrected chi connectivity index (χ3v) is 3.31. The molecule has 3 nitrogen and oxygen atoms in total. The number of nitrogens with zero attached hydrogens (tertiary/aromatic N) is 2. The summed E-state index contributed by atoms with van der Waals surface area (Å²) >= 11 is 0. The highest BCUT2D eigenvalue weighted by atomic mass is 14.7. The molecule has 0 aliphatic rings. The molecule has 2 N–H and O–H groups in total. The zero-order valence-corrected chi connectivity index (χ0v) is 10.7. The Balaban J connectivity index is 2.14. The number of aromatic nitrogens is 2. The van der Waals surface area contributed by atoms with Gasteiger partial charge >= 0.3 is 0 Å². The number of pyridine rings is 2. The zero-order chi connectivity index (χ0) is 13.2. The summed E-state index contributed by atoms with van der Waals surface area (Å²) in [5.41, 5.74) is 9.61. The quantitative estimate of drug-likeness (QED) is 0.759. The molecule has 0 bridgehead atoms. The minimum atomic E-state index is -0.180. The summed E-state index contributed by atoms with van der Waals surface area (Å²) in [5.74, 6) is 0. The Bertz CT molecular complexity index is 717.